The number of hydrogen-bond donors (Lipinski definition) is 2. The molecule has 1 fully saturated rings. The quantitative estimate of drug-likeness (QED) is 0.887. The van der Waals surface area contributed by atoms with Gasteiger partial charge in [0, 0.05) is 12.6 Å². The van der Waals surface area contributed by atoms with Crippen molar-refractivity contribution in [1.82, 2.24) is 14.5 Å². The van der Waals surface area contributed by atoms with Crippen molar-refractivity contribution < 1.29 is 4.74 Å². The van der Waals surface area contributed by atoms with Crippen LogP contribution in [0.4, 0.5) is 5.95 Å². The SMILES string of the molecule is Cc1cccc([C@H](C)Nc2nc(=O)n(C3CCOC(C)C3)c(=O)[nH]2)c1. The zero-order chi connectivity index (χ0) is 18.0. The second kappa shape index (κ2) is 7.23. The normalized spacial score (nSPS) is 21.7. The van der Waals surface area contributed by atoms with Crippen LogP contribution in [0.5, 0.6) is 0 Å². The molecule has 1 aromatic heterocycles. The maximum atomic E-state index is 12.4. The number of aromatic amines is 1. The Bertz CT molecular complexity index is 827. The Balaban J connectivity index is 1.82. The summed E-state index contributed by atoms with van der Waals surface area (Å²) in [5.74, 6) is 0.195. The average Bonchev–Trinajstić information content (AvgIpc) is 2.54. The lowest BCUT2D eigenvalue weighted by molar-refractivity contribution is 0.00414. The van der Waals surface area contributed by atoms with Crippen molar-refractivity contribution in [1.29, 1.82) is 0 Å². The molecule has 0 amide bonds. The zero-order valence-corrected chi connectivity index (χ0v) is 14.8. The lowest BCUT2D eigenvalue weighted by Gasteiger charge is -2.27. The fraction of sp³-hybridized carbons (Fsp3) is 0.500. The molecule has 7 heteroatoms. The van der Waals surface area contributed by atoms with E-state index in [0.29, 0.717) is 19.4 Å². The third kappa shape index (κ3) is 3.99. The van der Waals surface area contributed by atoms with Gasteiger partial charge in [-0.3, -0.25) is 4.98 Å². The summed E-state index contributed by atoms with van der Waals surface area (Å²) in [4.78, 5) is 31.5. The van der Waals surface area contributed by atoms with Gasteiger partial charge in [-0.15, -0.1) is 0 Å². The second-order valence-corrected chi connectivity index (χ2v) is 6.68. The van der Waals surface area contributed by atoms with Gasteiger partial charge >= 0.3 is 11.4 Å². The van der Waals surface area contributed by atoms with Crippen molar-refractivity contribution in [3.05, 3.63) is 56.4 Å². The van der Waals surface area contributed by atoms with Crippen LogP contribution in [0.3, 0.4) is 0 Å². The molecular weight excluding hydrogens is 320 g/mol. The maximum Gasteiger partial charge on any atom is 0.355 e. The van der Waals surface area contributed by atoms with Crippen LogP contribution >= 0.6 is 0 Å². The molecule has 1 aromatic carbocycles. The number of anilines is 1. The van der Waals surface area contributed by atoms with Gasteiger partial charge in [-0.25, -0.2) is 14.2 Å². The summed E-state index contributed by atoms with van der Waals surface area (Å²) in [5.41, 5.74) is 1.25. The number of nitrogens with one attached hydrogen (secondary N) is 2. The Morgan fingerprint density at radius 1 is 1.40 bits per heavy atom. The molecule has 7 nitrogen and oxygen atoms in total. The van der Waals surface area contributed by atoms with Crippen LogP contribution in [0.2, 0.25) is 0 Å². The zero-order valence-electron chi connectivity index (χ0n) is 14.8. The van der Waals surface area contributed by atoms with Crippen LogP contribution in [-0.2, 0) is 4.74 Å². The molecular formula is C18H24N4O3. The first-order chi connectivity index (χ1) is 11.9. The molecule has 25 heavy (non-hydrogen) atoms. The summed E-state index contributed by atoms with van der Waals surface area (Å²) in [7, 11) is 0. The summed E-state index contributed by atoms with van der Waals surface area (Å²) < 4.78 is 6.69. The van der Waals surface area contributed by atoms with Gasteiger partial charge in [0.15, 0.2) is 0 Å². The van der Waals surface area contributed by atoms with Crippen LogP contribution in [0.1, 0.15) is 49.9 Å². The minimum absolute atomic E-state index is 0.0317. The number of H-pyrrole nitrogens is 1. The molecule has 2 N–H and O–H groups in total. The van der Waals surface area contributed by atoms with Gasteiger partial charge in [0.1, 0.15) is 0 Å². The van der Waals surface area contributed by atoms with Crippen LogP contribution in [0, 0.1) is 6.92 Å². The van der Waals surface area contributed by atoms with Gasteiger partial charge in [0.25, 0.3) is 0 Å². The van der Waals surface area contributed by atoms with Crippen molar-refractivity contribution in [2.75, 3.05) is 11.9 Å². The molecule has 2 aromatic rings. The molecule has 134 valence electrons. The molecule has 2 unspecified atom stereocenters. The number of aromatic nitrogens is 3. The smallest absolute Gasteiger partial charge is 0.355 e. The topological polar surface area (TPSA) is 89.0 Å². The lowest BCUT2D eigenvalue weighted by atomic mass is 10.0. The van der Waals surface area contributed by atoms with Crippen LogP contribution in [0.15, 0.2) is 33.9 Å². The van der Waals surface area contributed by atoms with Crippen molar-refractivity contribution in [3.8, 4) is 0 Å². The van der Waals surface area contributed by atoms with E-state index in [2.05, 4.69) is 21.4 Å². The van der Waals surface area contributed by atoms with E-state index in [1.54, 1.807) is 0 Å². The molecule has 0 spiro atoms. The number of ether oxygens (including phenoxy) is 1. The van der Waals surface area contributed by atoms with E-state index in [9.17, 15) is 9.59 Å². The molecule has 0 bridgehead atoms. The molecule has 2 heterocycles. The predicted molar refractivity (Wildman–Crippen MR) is 96.0 cm³/mol. The van der Waals surface area contributed by atoms with E-state index < -0.39 is 11.4 Å². The first kappa shape index (κ1) is 17.4. The highest BCUT2D eigenvalue weighted by Gasteiger charge is 2.24. The van der Waals surface area contributed by atoms with E-state index in [1.807, 2.05) is 39.0 Å². The summed E-state index contributed by atoms with van der Waals surface area (Å²) in [6.07, 6.45) is 1.31. The number of hydrogen-bond acceptors (Lipinski definition) is 5. The third-order valence-corrected chi connectivity index (χ3v) is 4.58. The van der Waals surface area contributed by atoms with Crippen LogP contribution < -0.4 is 16.7 Å². The second-order valence-electron chi connectivity index (χ2n) is 6.68. The fourth-order valence-corrected chi connectivity index (χ4v) is 3.25. The molecule has 1 aliphatic heterocycles. The Morgan fingerprint density at radius 3 is 2.88 bits per heavy atom. The van der Waals surface area contributed by atoms with Gasteiger partial charge in [-0.1, -0.05) is 29.8 Å². The Labute approximate surface area is 146 Å². The number of rotatable bonds is 4. The minimum atomic E-state index is -0.526. The van der Waals surface area contributed by atoms with E-state index in [0.717, 1.165) is 11.1 Å². The minimum Gasteiger partial charge on any atom is -0.378 e. The Kier molecular flexibility index (Phi) is 5.03. The van der Waals surface area contributed by atoms with Gasteiger partial charge in [0.2, 0.25) is 5.95 Å². The highest BCUT2D eigenvalue weighted by atomic mass is 16.5. The standard InChI is InChI=1S/C18H24N4O3/c1-11-5-4-6-14(9-11)13(3)19-16-20-17(23)22(18(24)21-16)15-7-8-25-12(2)10-15/h4-6,9,12-13,15H,7-8,10H2,1-3H3,(H2,19,20,21,23,24)/t12?,13-,15?/m0/s1. The third-order valence-electron chi connectivity index (χ3n) is 4.58. The Hall–Kier alpha value is -2.41. The van der Waals surface area contributed by atoms with E-state index >= 15 is 0 Å². The molecule has 0 aliphatic carbocycles. The lowest BCUT2D eigenvalue weighted by Crippen LogP contribution is -2.43. The summed E-state index contributed by atoms with van der Waals surface area (Å²) in [5, 5.41) is 3.10. The highest BCUT2D eigenvalue weighted by molar-refractivity contribution is 5.32. The van der Waals surface area contributed by atoms with Gasteiger partial charge in [0.05, 0.1) is 12.1 Å². The summed E-state index contributed by atoms with van der Waals surface area (Å²) in [6, 6.07) is 7.79. The van der Waals surface area contributed by atoms with Crippen LogP contribution in [0.25, 0.3) is 0 Å². The number of aryl methyl sites for hydroxylation is 1. The van der Waals surface area contributed by atoms with Gasteiger partial charge < -0.3 is 10.1 Å². The average molecular weight is 344 g/mol. The van der Waals surface area contributed by atoms with E-state index in [1.165, 1.54) is 4.57 Å². The van der Waals surface area contributed by atoms with Gasteiger partial charge in [-0.05, 0) is 39.2 Å². The first-order valence-corrected chi connectivity index (χ1v) is 8.61. The monoisotopic (exact) mass is 344 g/mol. The molecule has 0 saturated carbocycles. The highest BCUT2D eigenvalue weighted by Crippen LogP contribution is 2.22. The molecule has 1 aliphatic rings. The van der Waals surface area contributed by atoms with Gasteiger partial charge in [-0.2, -0.15) is 4.98 Å². The summed E-state index contributed by atoms with van der Waals surface area (Å²) >= 11 is 0. The van der Waals surface area contributed by atoms with Crippen molar-refractivity contribution in [2.45, 2.75) is 51.8 Å². The van der Waals surface area contributed by atoms with Crippen molar-refractivity contribution in [3.63, 3.8) is 0 Å². The fourth-order valence-electron chi connectivity index (χ4n) is 3.25. The van der Waals surface area contributed by atoms with Crippen LogP contribution in [-0.4, -0.2) is 27.2 Å². The first-order valence-electron chi connectivity index (χ1n) is 8.61. The molecule has 1 saturated heterocycles. The Morgan fingerprint density at radius 2 is 2.20 bits per heavy atom. The number of nitrogens with zero attached hydrogens (tertiary/aromatic N) is 2. The van der Waals surface area contributed by atoms with Crippen molar-refractivity contribution >= 4 is 5.95 Å². The number of benzene rings is 1. The molecule has 0 radical (unpaired) electrons. The van der Waals surface area contributed by atoms with E-state index in [-0.39, 0.29) is 24.1 Å². The largest absolute Gasteiger partial charge is 0.378 e. The maximum absolute atomic E-state index is 12.4. The van der Waals surface area contributed by atoms with E-state index in [4.69, 9.17) is 4.74 Å². The molecule has 3 rings (SSSR count). The molecule has 3 atom stereocenters. The predicted octanol–water partition coefficient (Wildman–Crippen LogP) is 2.15. The van der Waals surface area contributed by atoms with Crippen molar-refractivity contribution in [2.24, 2.45) is 0 Å². The summed E-state index contributed by atoms with van der Waals surface area (Å²) in [6.45, 7) is 6.47.